The minimum absolute atomic E-state index is 0.401. The van der Waals surface area contributed by atoms with Crippen LogP contribution < -0.4 is 10.6 Å². The zero-order valence-corrected chi connectivity index (χ0v) is 11.4. The van der Waals surface area contributed by atoms with Crippen LogP contribution >= 0.6 is 0 Å². The molecule has 104 valence electrons. The molecular formula is C16H13N3O2. The Balaban J connectivity index is 2.03. The molecule has 2 aromatic carbocycles. The molecule has 0 unspecified atom stereocenters. The van der Waals surface area contributed by atoms with Gasteiger partial charge in [0.05, 0.1) is 11.6 Å². The molecule has 2 rings (SSSR count). The Morgan fingerprint density at radius 1 is 0.952 bits per heavy atom. The third kappa shape index (κ3) is 3.91. The Kier molecular flexibility index (Phi) is 4.32. The number of aryl methyl sites for hydroxylation is 1. The summed E-state index contributed by atoms with van der Waals surface area (Å²) < 4.78 is 0. The summed E-state index contributed by atoms with van der Waals surface area (Å²) in [7, 11) is 0. The predicted molar refractivity (Wildman–Crippen MR) is 79.6 cm³/mol. The van der Waals surface area contributed by atoms with Gasteiger partial charge in [0.15, 0.2) is 0 Å². The Morgan fingerprint density at radius 3 is 2.10 bits per heavy atom. The van der Waals surface area contributed by atoms with Gasteiger partial charge in [-0.15, -0.1) is 0 Å². The first-order valence-corrected chi connectivity index (χ1v) is 6.27. The van der Waals surface area contributed by atoms with Crippen molar-refractivity contribution in [2.24, 2.45) is 0 Å². The maximum Gasteiger partial charge on any atom is 0.314 e. The molecule has 5 heteroatoms. The van der Waals surface area contributed by atoms with Gasteiger partial charge in [-0.05, 0) is 42.8 Å². The lowest BCUT2D eigenvalue weighted by Crippen LogP contribution is -2.29. The standard InChI is InChI=1S/C16H13N3O2/c1-11-4-2-6-13(8-11)18-15(20)16(21)19-14-7-3-5-12(9-14)10-17/h2-9H,1H3,(H,18,20)(H,19,21). The summed E-state index contributed by atoms with van der Waals surface area (Å²) in [5.74, 6) is -1.55. The summed E-state index contributed by atoms with van der Waals surface area (Å²) in [4.78, 5) is 23.6. The quantitative estimate of drug-likeness (QED) is 0.828. The number of anilines is 2. The Morgan fingerprint density at radius 2 is 1.52 bits per heavy atom. The molecule has 0 spiro atoms. The van der Waals surface area contributed by atoms with Gasteiger partial charge < -0.3 is 10.6 Å². The van der Waals surface area contributed by atoms with E-state index in [4.69, 9.17) is 5.26 Å². The zero-order valence-electron chi connectivity index (χ0n) is 11.4. The highest BCUT2D eigenvalue weighted by Crippen LogP contribution is 2.11. The third-order valence-electron chi connectivity index (χ3n) is 2.73. The van der Waals surface area contributed by atoms with Crippen LogP contribution in [0, 0.1) is 18.3 Å². The second-order valence-electron chi connectivity index (χ2n) is 4.47. The van der Waals surface area contributed by atoms with Crippen molar-refractivity contribution in [3.05, 3.63) is 59.7 Å². The molecule has 0 aliphatic heterocycles. The number of nitrogens with one attached hydrogen (secondary N) is 2. The van der Waals surface area contributed by atoms with Crippen molar-refractivity contribution in [1.29, 1.82) is 5.26 Å². The number of amides is 2. The van der Waals surface area contributed by atoms with Crippen LogP contribution in [0.5, 0.6) is 0 Å². The monoisotopic (exact) mass is 279 g/mol. The van der Waals surface area contributed by atoms with Crippen LogP contribution in [0.25, 0.3) is 0 Å². The molecule has 5 nitrogen and oxygen atoms in total. The molecule has 0 saturated heterocycles. The minimum Gasteiger partial charge on any atom is -0.318 e. The summed E-state index contributed by atoms with van der Waals surface area (Å²) in [6.45, 7) is 1.89. The van der Waals surface area contributed by atoms with E-state index in [-0.39, 0.29) is 0 Å². The number of hydrogen-bond acceptors (Lipinski definition) is 3. The van der Waals surface area contributed by atoms with E-state index < -0.39 is 11.8 Å². The van der Waals surface area contributed by atoms with Gasteiger partial charge in [0.25, 0.3) is 0 Å². The van der Waals surface area contributed by atoms with E-state index in [1.165, 1.54) is 6.07 Å². The third-order valence-corrected chi connectivity index (χ3v) is 2.73. The summed E-state index contributed by atoms with van der Waals surface area (Å²) in [5.41, 5.74) is 2.35. The van der Waals surface area contributed by atoms with Crippen LogP contribution in [0.15, 0.2) is 48.5 Å². The van der Waals surface area contributed by atoms with Crippen molar-refractivity contribution >= 4 is 23.2 Å². The van der Waals surface area contributed by atoms with E-state index >= 15 is 0 Å². The van der Waals surface area contributed by atoms with Crippen LogP contribution in [0.2, 0.25) is 0 Å². The van der Waals surface area contributed by atoms with Crippen molar-refractivity contribution in [3.8, 4) is 6.07 Å². The number of carbonyl (C=O) groups is 2. The van der Waals surface area contributed by atoms with Gasteiger partial charge in [0, 0.05) is 11.4 Å². The lowest BCUT2D eigenvalue weighted by Gasteiger charge is -2.07. The molecule has 0 aliphatic carbocycles. The average Bonchev–Trinajstić information content (AvgIpc) is 2.47. The minimum atomic E-state index is -0.786. The van der Waals surface area contributed by atoms with Gasteiger partial charge in [-0.25, -0.2) is 0 Å². The first kappa shape index (κ1) is 14.3. The normalized spacial score (nSPS) is 9.52. The lowest BCUT2D eigenvalue weighted by atomic mass is 10.2. The van der Waals surface area contributed by atoms with Crippen LogP contribution in [0.3, 0.4) is 0 Å². The van der Waals surface area contributed by atoms with Crippen LogP contribution in [-0.4, -0.2) is 11.8 Å². The molecule has 21 heavy (non-hydrogen) atoms. The first-order valence-electron chi connectivity index (χ1n) is 6.27. The summed E-state index contributed by atoms with van der Waals surface area (Å²) in [6, 6.07) is 15.5. The Labute approximate surface area is 122 Å². The molecule has 2 aromatic rings. The molecule has 0 atom stereocenters. The van der Waals surface area contributed by atoms with Crippen LogP contribution in [0.4, 0.5) is 11.4 Å². The molecule has 2 N–H and O–H groups in total. The van der Waals surface area contributed by atoms with E-state index in [1.807, 2.05) is 19.1 Å². The van der Waals surface area contributed by atoms with Gasteiger partial charge in [-0.1, -0.05) is 18.2 Å². The molecule has 0 radical (unpaired) electrons. The topological polar surface area (TPSA) is 82.0 Å². The fraction of sp³-hybridized carbons (Fsp3) is 0.0625. The van der Waals surface area contributed by atoms with Gasteiger partial charge >= 0.3 is 11.8 Å². The van der Waals surface area contributed by atoms with E-state index in [0.717, 1.165) is 5.56 Å². The van der Waals surface area contributed by atoms with E-state index in [1.54, 1.807) is 36.4 Å². The Hall–Kier alpha value is -3.13. The number of hydrogen-bond donors (Lipinski definition) is 2. The number of nitriles is 1. The summed E-state index contributed by atoms with van der Waals surface area (Å²) >= 11 is 0. The van der Waals surface area contributed by atoms with Gasteiger partial charge in [-0.2, -0.15) is 5.26 Å². The predicted octanol–water partition coefficient (Wildman–Crippen LogP) is 2.44. The lowest BCUT2D eigenvalue weighted by molar-refractivity contribution is -0.132. The van der Waals surface area contributed by atoms with E-state index in [9.17, 15) is 9.59 Å². The SMILES string of the molecule is Cc1cccc(NC(=O)C(=O)Nc2cccc(C#N)c2)c1. The van der Waals surface area contributed by atoms with Gasteiger partial charge in [0.2, 0.25) is 0 Å². The zero-order chi connectivity index (χ0) is 15.2. The Bertz CT molecular complexity index is 732. The largest absolute Gasteiger partial charge is 0.318 e. The van der Waals surface area contributed by atoms with Crippen molar-refractivity contribution in [2.75, 3.05) is 10.6 Å². The summed E-state index contributed by atoms with van der Waals surface area (Å²) in [5, 5.41) is 13.7. The summed E-state index contributed by atoms with van der Waals surface area (Å²) in [6.07, 6.45) is 0. The van der Waals surface area contributed by atoms with Gasteiger partial charge in [0.1, 0.15) is 0 Å². The molecule has 0 saturated carbocycles. The van der Waals surface area contributed by atoms with Crippen LogP contribution in [0.1, 0.15) is 11.1 Å². The van der Waals surface area contributed by atoms with Crippen molar-refractivity contribution in [1.82, 2.24) is 0 Å². The van der Waals surface area contributed by atoms with Crippen molar-refractivity contribution < 1.29 is 9.59 Å². The van der Waals surface area contributed by atoms with E-state index in [2.05, 4.69) is 10.6 Å². The van der Waals surface area contributed by atoms with Gasteiger partial charge in [-0.3, -0.25) is 9.59 Å². The number of nitrogens with zero attached hydrogens (tertiary/aromatic N) is 1. The maximum absolute atomic E-state index is 11.8. The fourth-order valence-electron chi connectivity index (χ4n) is 1.77. The number of benzene rings is 2. The number of rotatable bonds is 2. The second-order valence-corrected chi connectivity index (χ2v) is 4.47. The molecular weight excluding hydrogens is 266 g/mol. The highest BCUT2D eigenvalue weighted by molar-refractivity contribution is 6.43. The van der Waals surface area contributed by atoms with Crippen molar-refractivity contribution in [3.63, 3.8) is 0 Å². The molecule has 0 aromatic heterocycles. The van der Waals surface area contributed by atoms with Crippen molar-refractivity contribution in [2.45, 2.75) is 6.92 Å². The fourth-order valence-corrected chi connectivity index (χ4v) is 1.77. The smallest absolute Gasteiger partial charge is 0.314 e. The molecule has 0 heterocycles. The first-order chi connectivity index (χ1) is 10.1. The average molecular weight is 279 g/mol. The second kappa shape index (κ2) is 6.35. The van der Waals surface area contributed by atoms with Crippen LogP contribution in [-0.2, 0) is 9.59 Å². The highest BCUT2D eigenvalue weighted by Gasteiger charge is 2.14. The van der Waals surface area contributed by atoms with E-state index in [0.29, 0.717) is 16.9 Å². The molecule has 0 aliphatic rings. The number of carbonyl (C=O) groups excluding carboxylic acids is 2. The molecule has 2 amide bonds. The molecule has 0 fully saturated rings. The maximum atomic E-state index is 11.8. The molecule has 0 bridgehead atoms. The highest BCUT2D eigenvalue weighted by atomic mass is 16.2.